The monoisotopic (exact) mass is 433 g/mol. The molecule has 1 aromatic carbocycles. The number of thiocarbonyl (C=S) groups is 1. The summed E-state index contributed by atoms with van der Waals surface area (Å²) in [5.74, 6) is -1.10. The summed E-state index contributed by atoms with van der Waals surface area (Å²) < 4.78 is 38.4. The minimum atomic E-state index is -4.55. The van der Waals surface area contributed by atoms with Crippen LogP contribution in [0.5, 0.6) is 0 Å². The molecule has 1 aliphatic rings. The number of hydrogen-bond donors (Lipinski definition) is 1. The third-order valence-electron chi connectivity index (χ3n) is 4.28. The topological polar surface area (TPSA) is 52.6 Å². The van der Waals surface area contributed by atoms with E-state index in [0.717, 1.165) is 12.1 Å². The SMILES string of the molecule is CN(C)CCN1C(=O)C(NC(=O)c2cccc(C(F)(F)F)c2)C(C)(C)SC1=S. The molecule has 1 aliphatic heterocycles. The van der Waals surface area contributed by atoms with Gasteiger partial charge >= 0.3 is 6.18 Å². The molecule has 1 atom stereocenters. The number of nitrogens with zero attached hydrogens (tertiary/aromatic N) is 2. The maximum absolute atomic E-state index is 13.0. The first-order valence-electron chi connectivity index (χ1n) is 8.50. The van der Waals surface area contributed by atoms with Crippen molar-refractivity contribution in [3.63, 3.8) is 0 Å². The fourth-order valence-electron chi connectivity index (χ4n) is 2.67. The number of likely N-dealkylation sites (N-methyl/N-ethyl adjacent to an activating group) is 1. The number of carbonyl (C=O) groups excluding carboxylic acids is 2. The molecule has 2 amide bonds. The standard InChI is InChI=1S/C18H22F3N3O2S2/c1-17(2)13(15(26)24(16(27)28-17)9-8-23(3)4)22-14(25)11-6-5-7-12(10-11)18(19,20)21/h5-7,10,13H,8-9H2,1-4H3,(H,22,25). The van der Waals surface area contributed by atoms with E-state index >= 15 is 0 Å². The average molecular weight is 434 g/mol. The Labute approximate surface area is 171 Å². The number of carbonyl (C=O) groups is 2. The highest BCUT2D eigenvalue weighted by Crippen LogP contribution is 2.36. The number of benzene rings is 1. The number of alkyl halides is 3. The predicted molar refractivity (Wildman–Crippen MR) is 107 cm³/mol. The Morgan fingerprint density at radius 2 is 2.00 bits per heavy atom. The lowest BCUT2D eigenvalue weighted by Gasteiger charge is -2.42. The minimum Gasteiger partial charge on any atom is -0.339 e. The van der Waals surface area contributed by atoms with Crippen molar-refractivity contribution >= 4 is 40.1 Å². The molecule has 1 N–H and O–H groups in total. The number of thioether (sulfide) groups is 1. The summed E-state index contributed by atoms with van der Waals surface area (Å²) in [6.45, 7) is 4.48. The largest absolute Gasteiger partial charge is 0.416 e. The van der Waals surface area contributed by atoms with Crippen LogP contribution in [0.3, 0.4) is 0 Å². The fraction of sp³-hybridized carbons (Fsp3) is 0.500. The lowest BCUT2D eigenvalue weighted by molar-refractivity contribution is -0.137. The Kier molecular flexibility index (Phi) is 6.78. The highest BCUT2D eigenvalue weighted by molar-refractivity contribution is 8.24. The Morgan fingerprint density at radius 3 is 2.57 bits per heavy atom. The average Bonchev–Trinajstić information content (AvgIpc) is 2.56. The molecule has 154 valence electrons. The van der Waals surface area contributed by atoms with E-state index in [0.29, 0.717) is 17.4 Å². The van der Waals surface area contributed by atoms with Gasteiger partial charge in [-0.05, 0) is 46.1 Å². The second-order valence-electron chi connectivity index (χ2n) is 7.25. The molecule has 0 aromatic heterocycles. The number of rotatable bonds is 5. The molecule has 1 aromatic rings. The highest BCUT2D eigenvalue weighted by Gasteiger charge is 2.46. The van der Waals surface area contributed by atoms with E-state index in [2.05, 4.69) is 5.32 Å². The molecule has 10 heteroatoms. The minimum absolute atomic E-state index is 0.156. The molecule has 0 spiro atoms. The van der Waals surface area contributed by atoms with E-state index in [-0.39, 0.29) is 11.5 Å². The molecule has 0 aliphatic carbocycles. The highest BCUT2D eigenvalue weighted by atomic mass is 32.2. The van der Waals surface area contributed by atoms with Gasteiger partial charge in [0.25, 0.3) is 11.8 Å². The number of amides is 2. The van der Waals surface area contributed by atoms with Crippen LogP contribution in [-0.2, 0) is 11.0 Å². The summed E-state index contributed by atoms with van der Waals surface area (Å²) in [6, 6.07) is 3.19. The van der Waals surface area contributed by atoms with Crippen LogP contribution in [-0.4, -0.2) is 63.9 Å². The van der Waals surface area contributed by atoms with Crippen LogP contribution in [0.4, 0.5) is 13.2 Å². The second kappa shape index (κ2) is 8.38. The Bertz CT molecular complexity index is 782. The summed E-state index contributed by atoms with van der Waals surface area (Å²) in [7, 11) is 3.73. The van der Waals surface area contributed by atoms with E-state index in [4.69, 9.17) is 12.2 Å². The van der Waals surface area contributed by atoms with Crippen LogP contribution in [0.15, 0.2) is 24.3 Å². The van der Waals surface area contributed by atoms with Crippen LogP contribution in [0.1, 0.15) is 29.8 Å². The van der Waals surface area contributed by atoms with Crippen molar-refractivity contribution in [2.24, 2.45) is 0 Å². The van der Waals surface area contributed by atoms with Gasteiger partial charge in [-0.2, -0.15) is 13.2 Å². The van der Waals surface area contributed by atoms with E-state index in [1.807, 2.05) is 19.0 Å². The van der Waals surface area contributed by atoms with Crippen molar-refractivity contribution in [3.05, 3.63) is 35.4 Å². The van der Waals surface area contributed by atoms with Crippen LogP contribution < -0.4 is 5.32 Å². The van der Waals surface area contributed by atoms with Gasteiger partial charge in [0.1, 0.15) is 10.4 Å². The molecule has 2 rings (SSSR count). The zero-order chi connectivity index (χ0) is 21.3. The van der Waals surface area contributed by atoms with Crippen molar-refractivity contribution in [1.29, 1.82) is 0 Å². The zero-order valence-electron chi connectivity index (χ0n) is 16.0. The maximum atomic E-state index is 13.0. The summed E-state index contributed by atoms with van der Waals surface area (Å²) >= 11 is 6.62. The molecule has 1 fully saturated rings. The molecular weight excluding hydrogens is 411 g/mol. The molecule has 0 bridgehead atoms. The quantitative estimate of drug-likeness (QED) is 0.724. The first-order chi connectivity index (χ1) is 12.8. The van der Waals surface area contributed by atoms with Crippen LogP contribution >= 0.6 is 24.0 Å². The Morgan fingerprint density at radius 1 is 1.36 bits per heavy atom. The van der Waals surface area contributed by atoms with Crippen LogP contribution in [0.25, 0.3) is 0 Å². The first-order valence-corrected chi connectivity index (χ1v) is 9.72. The summed E-state index contributed by atoms with van der Waals surface area (Å²) in [5.41, 5.74) is -1.08. The van der Waals surface area contributed by atoms with Crippen molar-refractivity contribution in [1.82, 2.24) is 15.1 Å². The van der Waals surface area contributed by atoms with Crippen molar-refractivity contribution < 1.29 is 22.8 Å². The van der Waals surface area contributed by atoms with Gasteiger partial charge in [0.2, 0.25) is 0 Å². The van der Waals surface area contributed by atoms with E-state index in [9.17, 15) is 22.8 Å². The van der Waals surface area contributed by atoms with Gasteiger partial charge in [-0.15, -0.1) is 0 Å². The number of hydrogen-bond acceptors (Lipinski definition) is 5. The lowest BCUT2D eigenvalue weighted by atomic mass is 10.00. The molecular formula is C18H22F3N3O2S2. The molecule has 1 saturated heterocycles. The van der Waals surface area contributed by atoms with Gasteiger partial charge < -0.3 is 10.2 Å². The third-order valence-corrected chi connectivity index (χ3v) is 5.90. The molecule has 1 unspecified atom stereocenters. The van der Waals surface area contributed by atoms with Gasteiger partial charge in [0, 0.05) is 23.4 Å². The molecule has 1 heterocycles. The van der Waals surface area contributed by atoms with Gasteiger partial charge in [-0.1, -0.05) is 30.0 Å². The number of nitrogens with one attached hydrogen (secondary N) is 1. The molecule has 0 radical (unpaired) electrons. The Hall–Kier alpha value is -1.65. The maximum Gasteiger partial charge on any atom is 0.416 e. The lowest BCUT2D eigenvalue weighted by Crippen LogP contribution is -2.62. The molecule has 5 nitrogen and oxygen atoms in total. The summed E-state index contributed by atoms with van der Waals surface area (Å²) in [5, 5.41) is 2.60. The molecule has 28 heavy (non-hydrogen) atoms. The van der Waals surface area contributed by atoms with E-state index in [1.165, 1.54) is 28.8 Å². The van der Waals surface area contributed by atoms with Gasteiger partial charge in [0.15, 0.2) is 0 Å². The van der Waals surface area contributed by atoms with Crippen LogP contribution in [0, 0.1) is 0 Å². The van der Waals surface area contributed by atoms with Crippen molar-refractivity contribution in [2.45, 2.75) is 30.8 Å². The Balaban J connectivity index is 2.23. The number of halogens is 3. The normalized spacial score (nSPS) is 19.9. The second-order valence-corrected chi connectivity index (χ2v) is 9.54. The van der Waals surface area contributed by atoms with Crippen LogP contribution in [0.2, 0.25) is 0 Å². The van der Waals surface area contributed by atoms with E-state index < -0.39 is 28.4 Å². The van der Waals surface area contributed by atoms with Gasteiger partial charge in [0.05, 0.1) is 5.56 Å². The van der Waals surface area contributed by atoms with E-state index in [1.54, 1.807) is 13.8 Å². The fourth-order valence-corrected chi connectivity index (χ4v) is 4.52. The van der Waals surface area contributed by atoms with Crippen molar-refractivity contribution in [2.75, 3.05) is 27.2 Å². The summed E-state index contributed by atoms with van der Waals surface area (Å²) in [6.07, 6.45) is -4.55. The third kappa shape index (κ3) is 5.24. The van der Waals surface area contributed by atoms with Gasteiger partial charge in [-0.25, -0.2) is 0 Å². The van der Waals surface area contributed by atoms with Gasteiger partial charge in [-0.3, -0.25) is 14.5 Å². The predicted octanol–water partition coefficient (Wildman–Crippen LogP) is 3.00. The smallest absolute Gasteiger partial charge is 0.339 e. The first kappa shape index (κ1) is 22.6. The van der Waals surface area contributed by atoms with Crippen molar-refractivity contribution in [3.8, 4) is 0 Å². The molecule has 0 saturated carbocycles. The summed E-state index contributed by atoms with van der Waals surface area (Å²) in [4.78, 5) is 28.9. The zero-order valence-corrected chi connectivity index (χ0v) is 17.6.